The van der Waals surface area contributed by atoms with Crippen LogP contribution in [0.25, 0.3) is 0 Å². The predicted octanol–water partition coefficient (Wildman–Crippen LogP) is -2.98. The second kappa shape index (κ2) is 8.03. The molecule has 0 aromatic heterocycles. The number of rotatable bonds is 5. The fourth-order valence-electron chi connectivity index (χ4n) is 0.326. The van der Waals surface area contributed by atoms with Gasteiger partial charge in [-0.1, -0.05) is 0 Å². The van der Waals surface area contributed by atoms with Crippen LogP contribution in [0.4, 0.5) is 0 Å². The smallest absolute Gasteiger partial charge is 0.726 e. The Hall–Kier alpha value is 0.410. The van der Waals surface area contributed by atoms with E-state index in [2.05, 4.69) is 4.18 Å². The van der Waals surface area contributed by atoms with Gasteiger partial charge < -0.3 is 9.29 Å². The first-order valence-corrected chi connectivity index (χ1v) is 4.26. The maximum absolute atomic E-state index is 9.81. The van der Waals surface area contributed by atoms with E-state index in [1.807, 2.05) is 0 Å². The van der Waals surface area contributed by atoms with E-state index in [-0.39, 0.29) is 36.2 Å². The molecule has 0 unspecified atom stereocenters. The van der Waals surface area contributed by atoms with E-state index in [9.17, 15) is 13.0 Å². The van der Waals surface area contributed by atoms with Crippen molar-refractivity contribution in [3.8, 4) is 0 Å². The third kappa shape index (κ3) is 13.0. The minimum Gasteiger partial charge on any atom is -0.726 e. The summed E-state index contributed by atoms with van der Waals surface area (Å²) in [5.41, 5.74) is 0. The van der Waals surface area contributed by atoms with Gasteiger partial charge in [0.25, 0.3) is 0 Å². The van der Waals surface area contributed by atoms with Crippen LogP contribution in [0, 0.1) is 0 Å². The molecule has 0 aromatic rings. The Kier molecular flexibility index (Phi) is 9.97. The van der Waals surface area contributed by atoms with Crippen molar-refractivity contribution in [3.63, 3.8) is 0 Å². The Bertz CT molecular complexity index is 210. The molecule has 0 saturated carbocycles. The third-order valence-electron chi connectivity index (χ3n) is 0.668. The van der Waals surface area contributed by atoms with Gasteiger partial charge in [-0.3, -0.25) is 4.18 Å². The van der Waals surface area contributed by atoms with Crippen molar-refractivity contribution in [2.75, 3.05) is 13.2 Å². The Balaban J connectivity index is 0. The van der Waals surface area contributed by atoms with Crippen molar-refractivity contribution in [2.24, 2.45) is 0 Å². The van der Waals surface area contributed by atoms with Crippen molar-refractivity contribution in [2.45, 2.75) is 6.92 Å². The Morgan fingerprint density at radius 2 is 2.08 bits per heavy atom. The van der Waals surface area contributed by atoms with Crippen LogP contribution in [0.1, 0.15) is 6.92 Å². The molecule has 12 heavy (non-hydrogen) atoms. The molecule has 0 radical (unpaired) electrons. The van der Waals surface area contributed by atoms with E-state index >= 15 is 0 Å². The standard InChI is InChI=1S/C5H10O5S.Na/c1-2-9-4-3-5-10-11(6,7)8;/h3-4H,2,5H2,1H3,(H,6,7,8);/q;+1/p-1. The molecule has 0 aliphatic heterocycles. The van der Waals surface area contributed by atoms with Crippen molar-refractivity contribution >= 4 is 10.4 Å². The summed E-state index contributed by atoms with van der Waals surface area (Å²) in [6.45, 7) is 1.97. The summed E-state index contributed by atoms with van der Waals surface area (Å²) in [7, 11) is -4.57. The van der Waals surface area contributed by atoms with Gasteiger partial charge >= 0.3 is 29.6 Å². The molecule has 0 heterocycles. The molecule has 0 atom stereocenters. The van der Waals surface area contributed by atoms with Crippen LogP contribution in [-0.4, -0.2) is 26.2 Å². The molecule has 0 amide bonds. The van der Waals surface area contributed by atoms with E-state index in [0.29, 0.717) is 6.61 Å². The molecule has 0 aromatic carbocycles. The van der Waals surface area contributed by atoms with E-state index in [1.165, 1.54) is 12.3 Å². The van der Waals surface area contributed by atoms with Crippen LogP contribution in [0.2, 0.25) is 0 Å². The van der Waals surface area contributed by atoms with E-state index in [4.69, 9.17) is 4.74 Å². The first-order valence-electron chi connectivity index (χ1n) is 2.93. The molecule has 0 bridgehead atoms. The van der Waals surface area contributed by atoms with Crippen LogP contribution < -0.4 is 29.6 Å². The van der Waals surface area contributed by atoms with Crippen molar-refractivity contribution in [1.29, 1.82) is 0 Å². The van der Waals surface area contributed by atoms with Gasteiger partial charge in [0, 0.05) is 0 Å². The molecule has 0 spiro atoms. The largest absolute Gasteiger partial charge is 1.00 e. The molecule has 0 aliphatic carbocycles. The van der Waals surface area contributed by atoms with E-state index < -0.39 is 10.4 Å². The summed E-state index contributed by atoms with van der Waals surface area (Å²) >= 11 is 0. The minimum absolute atomic E-state index is 0. The Morgan fingerprint density at radius 1 is 1.50 bits per heavy atom. The van der Waals surface area contributed by atoms with Crippen molar-refractivity contribution in [1.82, 2.24) is 0 Å². The summed E-state index contributed by atoms with van der Waals surface area (Å²) in [5, 5.41) is 0. The fraction of sp³-hybridized carbons (Fsp3) is 0.600. The topological polar surface area (TPSA) is 75.7 Å². The van der Waals surface area contributed by atoms with Crippen LogP contribution in [0.3, 0.4) is 0 Å². The zero-order valence-corrected chi connectivity index (χ0v) is 9.83. The SMILES string of the molecule is CCOC=CCOS(=O)(=O)[O-].[Na+]. The van der Waals surface area contributed by atoms with Gasteiger partial charge in [0.15, 0.2) is 0 Å². The first-order chi connectivity index (χ1) is 5.06. The van der Waals surface area contributed by atoms with Crippen LogP contribution in [-0.2, 0) is 19.3 Å². The molecule has 0 fully saturated rings. The van der Waals surface area contributed by atoms with Crippen LogP contribution >= 0.6 is 0 Å². The monoisotopic (exact) mass is 204 g/mol. The first kappa shape index (κ1) is 14.9. The van der Waals surface area contributed by atoms with Gasteiger partial charge in [-0.15, -0.1) is 0 Å². The quantitative estimate of drug-likeness (QED) is 0.207. The zero-order chi connectivity index (χ0) is 8.74. The van der Waals surface area contributed by atoms with E-state index in [0.717, 1.165) is 0 Å². The van der Waals surface area contributed by atoms with E-state index in [1.54, 1.807) is 6.92 Å². The fourth-order valence-corrected chi connectivity index (χ4v) is 0.571. The molecule has 7 heteroatoms. The van der Waals surface area contributed by atoms with Gasteiger partial charge in [0.05, 0.1) is 19.5 Å². The average Bonchev–Trinajstić information content (AvgIpc) is 1.85. The average molecular weight is 204 g/mol. The molecule has 5 nitrogen and oxygen atoms in total. The maximum atomic E-state index is 9.81. The van der Waals surface area contributed by atoms with Gasteiger partial charge in [-0.2, -0.15) is 0 Å². The summed E-state index contributed by atoms with van der Waals surface area (Å²) in [6, 6.07) is 0. The zero-order valence-electron chi connectivity index (χ0n) is 7.02. The number of hydrogen-bond donors (Lipinski definition) is 0. The minimum atomic E-state index is -4.57. The van der Waals surface area contributed by atoms with Gasteiger partial charge in [-0.25, -0.2) is 8.42 Å². The molecule has 0 aliphatic rings. The van der Waals surface area contributed by atoms with Gasteiger partial charge in [0.1, 0.15) is 0 Å². The predicted molar refractivity (Wildman–Crippen MR) is 36.4 cm³/mol. The summed E-state index contributed by atoms with van der Waals surface area (Å²) < 4.78 is 38.0. The molecular formula is C5H9NaO5S. The number of hydrogen-bond acceptors (Lipinski definition) is 5. The molecule has 0 saturated heterocycles. The van der Waals surface area contributed by atoms with Gasteiger partial charge in [0.2, 0.25) is 10.4 Å². The summed E-state index contributed by atoms with van der Waals surface area (Å²) in [4.78, 5) is 0. The second-order valence-corrected chi connectivity index (χ2v) is 2.57. The molecule has 0 N–H and O–H groups in total. The van der Waals surface area contributed by atoms with Gasteiger partial charge in [-0.05, 0) is 13.0 Å². The summed E-state index contributed by atoms with van der Waals surface area (Å²) in [6.07, 6.45) is 2.56. The second-order valence-electron chi connectivity index (χ2n) is 1.52. The Labute approximate surface area is 94.0 Å². The Morgan fingerprint density at radius 3 is 2.50 bits per heavy atom. The molecular weight excluding hydrogens is 195 g/mol. The maximum Gasteiger partial charge on any atom is 1.00 e. The summed E-state index contributed by atoms with van der Waals surface area (Å²) in [5.74, 6) is 0. The molecule has 0 rings (SSSR count). The molecule has 66 valence electrons. The van der Waals surface area contributed by atoms with Crippen LogP contribution in [0.5, 0.6) is 0 Å². The normalized spacial score (nSPS) is 11.2. The van der Waals surface area contributed by atoms with Crippen LogP contribution in [0.15, 0.2) is 12.3 Å². The third-order valence-corrected chi connectivity index (χ3v) is 1.09. The van der Waals surface area contributed by atoms with Crippen molar-refractivity contribution in [3.05, 3.63) is 12.3 Å². The van der Waals surface area contributed by atoms with Crippen molar-refractivity contribution < 1.29 is 51.4 Å². The number of ether oxygens (including phenoxy) is 1.